The first kappa shape index (κ1) is 19.4. The maximum atomic E-state index is 6.18. The van der Waals surface area contributed by atoms with Gasteiger partial charge in [-0.2, -0.15) is 0 Å². The van der Waals surface area contributed by atoms with Gasteiger partial charge < -0.3 is 10.1 Å². The number of ether oxygens (including phenoxy) is 1. The quantitative estimate of drug-likeness (QED) is 0.588. The molecule has 0 saturated carbocycles. The lowest BCUT2D eigenvalue weighted by molar-refractivity contribution is 0.0378. The number of benzene rings is 2. The van der Waals surface area contributed by atoms with Crippen LogP contribution >= 0.6 is 23.2 Å². The van der Waals surface area contributed by atoms with Crippen LogP contribution in [0.15, 0.2) is 42.5 Å². The number of para-hydroxylation sites is 1. The van der Waals surface area contributed by atoms with Crippen molar-refractivity contribution < 1.29 is 4.74 Å². The van der Waals surface area contributed by atoms with Gasteiger partial charge >= 0.3 is 0 Å². The highest BCUT2D eigenvalue weighted by atomic mass is 35.5. The maximum absolute atomic E-state index is 6.18. The normalized spacial score (nSPS) is 15.1. The lowest BCUT2D eigenvalue weighted by atomic mass is 10.2. The number of nitrogens with one attached hydrogen (secondary N) is 1. The minimum absolute atomic E-state index is 0.496. The van der Waals surface area contributed by atoms with E-state index in [4.69, 9.17) is 37.9 Å². The van der Waals surface area contributed by atoms with Crippen LogP contribution in [0.3, 0.4) is 0 Å². The van der Waals surface area contributed by atoms with E-state index in [2.05, 4.69) is 10.2 Å². The smallest absolute Gasteiger partial charge is 0.162 e. The summed E-state index contributed by atoms with van der Waals surface area (Å²) in [6, 6.07) is 13.5. The van der Waals surface area contributed by atoms with E-state index in [9.17, 15) is 0 Å². The molecule has 1 aliphatic heterocycles. The van der Waals surface area contributed by atoms with Gasteiger partial charge in [0.15, 0.2) is 5.82 Å². The molecule has 5 nitrogen and oxygen atoms in total. The molecule has 0 unspecified atom stereocenters. The number of hydrogen-bond acceptors (Lipinski definition) is 5. The molecule has 7 heteroatoms. The van der Waals surface area contributed by atoms with Crippen molar-refractivity contribution in [1.82, 2.24) is 14.9 Å². The first-order valence-corrected chi connectivity index (χ1v) is 10.2. The highest BCUT2D eigenvalue weighted by molar-refractivity contribution is 6.42. The molecule has 0 bridgehead atoms. The van der Waals surface area contributed by atoms with Crippen LogP contribution in [-0.4, -0.2) is 54.3 Å². The highest BCUT2D eigenvalue weighted by Gasteiger charge is 2.12. The zero-order valence-corrected chi connectivity index (χ0v) is 17.0. The number of aromatic nitrogens is 2. The molecule has 0 amide bonds. The van der Waals surface area contributed by atoms with Gasteiger partial charge in [0, 0.05) is 30.6 Å². The third kappa shape index (κ3) is 4.55. The van der Waals surface area contributed by atoms with Gasteiger partial charge in [-0.1, -0.05) is 35.3 Å². The largest absolute Gasteiger partial charge is 0.379 e. The molecular weight excluding hydrogens is 395 g/mol. The highest BCUT2D eigenvalue weighted by Crippen LogP contribution is 2.29. The van der Waals surface area contributed by atoms with Crippen LogP contribution in [0.4, 0.5) is 5.82 Å². The molecule has 4 rings (SSSR count). The van der Waals surface area contributed by atoms with Crippen molar-refractivity contribution in [2.45, 2.75) is 6.42 Å². The summed E-state index contributed by atoms with van der Waals surface area (Å²) in [5.74, 6) is 1.47. The fraction of sp³-hybridized carbons (Fsp3) is 0.333. The van der Waals surface area contributed by atoms with Crippen molar-refractivity contribution in [2.75, 3.05) is 44.7 Å². The average molecular weight is 417 g/mol. The summed E-state index contributed by atoms with van der Waals surface area (Å²) in [6.07, 6.45) is 1.04. The summed E-state index contributed by atoms with van der Waals surface area (Å²) in [4.78, 5) is 11.9. The van der Waals surface area contributed by atoms with Crippen molar-refractivity contribution in [3.63, 3.8) is 0 Å². The average Bonchev–Trinajstić information content (AvgIpc) is 2.73. The number of nitrogens with zero attached hydrogens (tertiary/aromatic N) is 3. The molecular formula is C21H22Cl2N4O. The second-order valence-electron chi connectivity index (χ2n) is 6.78. The number of halogens is 2. The van der Waals surface area contributed by atoms with Crippen molar-refractivity contribution in [3.8, 4) is 11.4 Å². The lowest BCUT2D eigenvalue weighted by Gasteiger charge is -2.26. The number of hydrogen-bond donors (Lipinski definition) is 1. The van der Waals surface area contributed by atoms with E-state index >= 15 is 0 Å². The molecule has 0 spiro atoms. The van der Waals surface area contributed by atoms with Crippen molar-refractivity contribution in [3.05, 3.63) is 52.5 Å². The summed E-state index contributed by atoms with van der Waals surface area (Å²) in [5.41, 5.74) is 1.74. The molecule has 2 heterocycles. The molecule has 28 heavy (non-hydrogen) atoms. The van der Waals surface area contributed by atoms with Crippen LogP contribution in [0.5, 0.6) is 0 Å². The Balaban J connectivity index is 1.53. The van der Waals surface area contributed by atoms with Crippen LogP contribution in [0.25, 0.3) is 22.3 Å². The van der Waals surface area contributed by atoms with Crippen LogP contribution in [0.1, 0.15) is 6.42 Å². The Bertz CT molecular complexity index is 960. The van der Waals surface area contributed by atoms with Gasteiger partial charge in [-0.25, -0.2) is 9.97 Å². The molecule has 1 saturated heterocycles. The van der Waals surface area contributed by atoms with E-state index in [0.29, 0.717) is 15.9 Å². The van der Waals surface area contributed by atoms with Gasteiger partial charge in [-0.3, -0.25) is 4.90 Å². The minimum Gasteiger partial charge on any atom is -0.379 e. The Morgan fingerprint density at radius 1 is 1.00 bits per heavy atom. The molecule has 1 N–H and O–H groups in total. The van der Waals surface area contributed by atoms with Crippen molar-refractivity contribution >= 4 is 39.9 Å². The van der Waals surface area contributed by atoms with Gasteiger partial charge in [0.05, 0.1) is 28.8 Å². The van der Waals surface area contributed by atoms with Gasteiger partial charge in [-0.05, 0) is 43.3 Å². The van der Waals surface area contributed by atoms with E-state index in [-0.39, 0.29) is 0 Å². The van der Waals surface area contributed by atoms with E-state index in [1.807, 2.05) is 30.3 Å². The zero-order chi connectivity index (χ0) is 19.3. The Morgan fingerprint density at radius 2 is 1.82 bits per heavy atom. The van der Waals surface area contributed by atoms with E-state index in [1.54, 1.807) is 12.1 Å². The summed E-state index contributed by atoms with van der Waals surface area (Å²) in [5, 5.41) is 5.52. The van der Waals surface area contributed by atoms with Crippen LogP contribution in [-0.2, 0) is 4.74 Å². The van der Waals surface area contributed by atoms with Gasteiger partial charge in [0.2, 0.25) is 0 Å². The zero-order valence-electron chi connectivity index (χ0n) is 15.5. The molecule has 0 aliphatic carbocycles. The Hall–Kier alpha value is -1.92. The summed E-state index contributed by atoms with van der Waals surface area (Å²) in [7, 11) is 0. The fourth-order valence-corrected chi connectivity index (χ4v) is 3.61. The van der Waals surface area contributed by atoms with Gasteiger partial charge in [-0.15, -0.1) is 0 Å². The monoisotopic (exact) mass is 416 g/mol. The van der Waals surface area contributed by atoms with E-state index < -0.39 is 0 Å². The first-order chi connectivity index (χ1) is 13.7. The number of morpholine rings is 1. The van der Waals surface area contributed by atoms with E-state index in [0.717, 1.165) is 68.1 Å². The molecule has 146 valence electrons. The SMILES string of the molecule is Clc1ccc(-c2nc(NCCCN3CCOCC3)c3ccccc3n2)cc1Cl. The van der Waals surface area contributed by atoms with Gasteiger partial charge in [0.1, 0.15) is 5.82 Å². The summed E-state index contributed by atoms with van der Waals surface area (Å²) in [6.45, 7) is 5.59. The molecule has 1 aliphatic rings. The molecule has 1 aromatic heterocycles. The Kier molecular flexibility index (Phi) is 6.27. The van der Waals surface area contributed by atoms with Crippen molar-refractivity contribution in [2.24, 2.45) is 0 Å². The molecule has 1 fully saturated rings. The maximum Gasteiger partial charge on any atom is 0.162 e. The molecule has 2 aromatic carbocycles. The lowest BCUT2D eigenvalue weighted by Crippen LogP contribution is -2.37. The molecule has 0 atom stereocenters. The summed E-state index contributed by atoms with van der Waals surface area (Å²) >= 11 is 12.2. The third-order valence-corrected chi connectivity index (χ3v) is 5.57. The standard InChI is InChI=1S/C21H22Cl2N4O/c22-17-7-6-15(14-18(17)23)20-25-19-5-2-1-4-16(19)21(26-20)24-8-3-9-27-10-12-28-13-11-27/h1-2,4-7,14H,3,8-13H2,(H,24,25,26). The molecule has 0 radical (unpaired) electrons. The predicted molar refractivity (Wildman–Crippen MR) is 115 cm³/mol. The second-order valence-corrected chi connectivity index (χ2v) is 7.59. The summed E-state index contributed by atoms with van der Waals surface area (Å²) < 4.78 is 5.40. The minimum atomic E-state index is 0.496. The third-order valence-electron chi connectivity index (χ3n) is 4.83. The number of rotatable bonds is 6. The second kappa shape index (κ2) is 9.05. The van der Waals surface area contributed by atoms with Crippen LogP contribution in [0, 0.1) is 0 Å². The Morgan fingerprint density at radius 3 is 2.64 bits per heavy atom. The first-order valence-electron chi connectivity index (χ1n) is 9.47. The number of fused-ring (bicyclic) bond motifs is 1. The fourth-order valence-electron chi connectivity index (χ4n) is 3.31. The number of anilines is 1. The van der Waals surface area contributed by atoms with Crippen LogP contribution in [0.2, 0.25) is 10.0 Å². The molecule has 3 aromatic rings. The van der Waals surface area contributed by atoms with Crippen LogP contribution < -0.4 is 5.32 Å². The predicted octanol–water partition coefficient (Wildman–Crippen LogP) is 4.74. The van der Waals surface area contributed by atoms with E-state index in [1.165, 1.54) is 0 Å². The Labute approximate surface area is 174 Å². The topological polar surface area (TPSA) is 50.3 Å². The van der Waals surface area contributed by atoms with Crippen molar-refractivity contribution in [1.29, 1.82) is 0 Å². The van der Waals surface area contributed by atoms with Gasteiger partial charge in [0.25, 0.3) is 0 Å².